The molecule has 1 aromatic heterocycles. The topological polar surface area (TPSA) is 38.1 Å². The van der Waals surface area contributed by atoms with Crippen molar-refractivity contribution in [3.8, 4) is 34.0 Å². The summed E-state index contributed by atoms with van der Waals surface area (Å²) in [4.78, 5) is 4.83. The number of benzene rings is 4. The van der Waals surface area contributed by atoms with Crippen molar-refractivity contribution in [1.29, 1.82) is 0 Å². The van der Waals surface area contributed by atoms with Crippen molar-refractivity contribution in [2.24, 2.45) is 0 Å². The van der Waals surface area contributed by atoms with Crippen molar-refractivity contribution < 1.29 is 5.11 Å². The van der Waals surface area contributed by atoms with Crippen LogP contribution < -0.4 is 0 Å². The fourth-order valence-electron chi connectivity index (χ4n) is 3.54. The Balaban J connectivity index is 1.70. The number of phenols is 1. The molecular weight excluding hydrogens is 344 g/mol. The lowest BCUT2D eigenvalue weighted by molar-refractivity contribution is 0.476. The third-order valence-electron chi connectivity index (χ3n) is 4.90. The summed E-state index contributed by atoms with van der Waals surface area (Å²) < 4.78 is 2.10. The Morgan fingerprint density at radius 2 is 1.21 bits per heavy atom. The SMILES string of the molecule is Oc1ccc2nc(-c3ccccc3)n(-c3ccc(-c4ccccc4)cc3)c2c1. The molecule has 3 heteroatoms. The predicted molar refractivity (Wildman–Crippen MR) is 114 cm³/mol. The second-order valence-electron chi connectivity index (χ2n) is 6.72. The van der Waals surface area contributed by atoms with Gasteiger partial charge in [-0.3, -0.25) is 4.57 Å². The van der Waals surface area contributed by atoms with Gasteiger partial charge in [0, 0.05) is 17.3 Å². The molecule has 0 atom stereocenters. The standard InChI is InChI=1S/C25H18N2O/c28-22-15-16-23-24(17-22)27(25(26-23)20-9-5-2-6-10-20)21-13-11-19(12-14-21)18-7-3-1-4-8-18/h1-17,28H. The van der Waals surface area contributed by atoms with Gasteiger partial charge in [0.15, 0.2) is 0 Å². The van der Waals surface area contributed by atoms with Crippen LogP contribution in [-0.4, -0.2) is 14.7 Å². The second kappa shape index (κ2) is 6.71. The average Bonchev–Trinajstić information content (AvgIpc) is 3.14. The summed E-state index contributed by atoms with van der Waals surface area (Å²) in [6, 6.07) is 34.2. The zero-order chi connectivity index (χ0) is 18.9. The Morgan fingerprint density at radius 3 is 1.89 bits per heavy atom. The van der Waals surface area contributed by atoms with Gasteiger partial charge in [0.2, 0.25) is 0 Å². The Hall–Kier alpha value is -3.85. The summed E-state index contributed by atoms with van der Waals surface area (Å²) in [6.07, 6.45) is 0. The third-order valence-corrected chi connectivity index (χ3v) is 4.90. The lowest BCUT2D eigenvalue weighted by Gasteiger charge is -2.11. The highest BCUT2D eigenvalue weighted by atomic mass is 16.3. The highest BCUT2D eigenvalue weighted by Gasteiger charge is 2.14. The van der Waals surface area contributed by atoms with E-state index in [4.69, 9.17) is 4.98 Å². The predicted octanol–water partition coefficient (Wildman–Crippen LogP) is 6.07. The van der Waals surface area contributed by atoms with Crippen molar-refractivity contribution in [3.05, 3.63) is 103 Å². The minimum atomic E-state index is 0.231. The van der Waals surface area contributed by atoms with Crippen LogP contribution in [0.25, 0.3) is 39.2 Å². The fourth-order valence-corrected chi connectivity index (χ4v) is 3.54. The molecule has 1 heterocycles. The van der Waals surface area contributed by atoms with Gasteiger partial charge in [0.1, 0.15) is 11.6 Å². The van der Waals surface area contributed by atoms with E-state index in [9.17, 15) is 5.11 Å². The van der Waals surface area contributed by atoms with E-state index in [1.54, 1.807) is 12.1 Å². The normalized spacial score (nSPS) is 11.0. The van der Waals surface area contributed by atoms with Gasteiger partial charge in [0.25, 0.3) is 0 Å². The lowest BCUT2D eigenvalue weighted by Crippen LogP contribution is -1.97. The molecule has 0 fully saturated rings. The second-order valence-corrected chi connectivity index (χ2v) is 6.72. The number of rotatable bonds is 3. The number of hydrogen-bond acceptors (Lipinski definition) is 2. The summed E-state index contributed by atoms with van der Waals surface area (Å²) in [6.45, 7) is 0. The van der Waals surface area contributed by atoms with Crippen LogP contribution in [0.4, 0.5) is 0 Å². The van der Waals surface area contributed by atoms with Crippen LogP contribution >= 0.6 is 0 Å². The number of aromatic nitrogens is 2. The van der Waals surface area contributed by atoms with Gasteiger partial charge < -0.3 is 5.11 Å². The molecule has 4 aromatic carbocycles. The molecule has 0 saturated carbocycles. The van der Waals surface area contributed by atoms with Crippen molar-refractivity contribution >= 4 is 11.0 Å². The molecule has 28 heavy (non-hydrogen) atoms. The molecule has 0 spiro atoms. The summed E-state index contributed by atoms with van der Waals surface area (Å²) >= 11 is 0. The highest BCUT2D eigenvalue weighted by molar-refractivity contribution is 5.84. The maximum absolute atomic E-state index is 10.0. The third kappa shape index (κ3) is 2.83. The number of aromatic hydroxyl groups is 1. The first-order valence-corrected chi connectivity index (χ1v) is 9.22. The first-order valence-electron chi connectivity index (χ1n) is 9.22. The Kier molecular flexibility index (Phi) is 3.91. The van der Waals surface area contributed by atoms with Crippen LogP contribution in [0.3, 0.4) is 0 Å². The van der Waals surface area contributed by atoms with Gasteiger partial charge in [0.05, 0.1) is 11.0 Å². The lowest BCUT2D eigenvalue weighted by atomic mass is 10.1. The van der Waals surface area contributed by atoms with Crippen molar-refractivity contribution in [2.75, 3.05) is 0 Å². The maximum atomic E-state index is 10.0. The molecule has 5 rings (SSSR count). The van der Waals surface area contributed by atoms with Crippen molar-refractivity contribution in [3.63, 3.8) is 0 Å². The van der Waals surface area contributed by atoms with E-state index in [2.05, 4.69) is 53.1 Å². The number of phenolic OH excluding ortho intramolecular Hbond substituents is 1. The van der Waals surface area contributed by atoms with Crippen molar-refractivity contribution in [1.82, 2.24) is 9.55 Å². The van der Waals surface area contributed by atoms with Gasteiger partial charge in [-0.2, -0.15) is 0 Å². The van der Waals surface area contributed by atoms with Gasteiger partial charge >= 0.3 is 0 Å². The molecule has 0 bridgehead atoms. The van der Waals surface area contributed by atoms with Gasteiger partial charge in [-0.25, -0.2) is 4.98 Å². The maximum Gasteiger partial charge on any atom is 0.145 e. The fraction of sp³-hybridized carbons (Fsp3) is 0. The summed E-state index contributed by atoms with van der Waals surface area (Å²) in [5.41, 5.74) is 6.12. The minimum absolute atomic E-state index is 0.231. The first-order chi connectivity index (χ1) is 13.8. The van der Waals surface area contributed by atoms with E-state index in [0.717, 1.165) is 33.7 Å². The van der Waals surface area contributed by atoms with E-state index in [1.165, 1.54) is 5.56 Å². The zero-order valence-corrected chi connectivity index (χ0v) is 15.2. The van der Waals surface area contributed by atoms with Gasteiger partial charge in [-0.15, -0.1) is 0 Å². The Labute approximate surface area is 163 Å². The molecule has 0 aliphatic carbocycles. The van der Waals surface area contributed by atoms with Crippen LogP contribution in [0.2, 0.25) is 0 Å². The van der Waals surface area contributed by atoms with Crippen LogP contribution in [0.5, 0.6) is 5.75 Å². The molecule has 0 unspecified atom stereocenters. The molecule has 0 aliphatic rings. The largest absolute Gasteiger partial charge is 0.508 e. The average molecular weight is 362 g/mol. The molecule has 5 aromatic rings. The Bertz CT molecular complexity index is 1240. The van der Waals surface area contributed by atoms with Gasteiger partial charge in [-0.1, -0.05) is 72.8 Å². The number of fused-ring (bicyclic) bond motifs is 1. The zero-order valence-electron chi connectivity index (χ0n) is 15.2. The minimum Gasteiger partial charge on any atom is -0.508 e. The smallest absolute Gasteiger partial charge is 0.145 e. The van der Waals surface area contributed by atoms with E-state index in [-0.39, 0.29) is 5.75 Å². The Morgan fingerprint density at radius 1 is 0.607 bits per heavy atom. The van der Waals surface area contributed by atoms with Crippen LogP contribution in [-0.2, 0) is 0 Å². The van der Waals surface area contributed by atoms with Crippen LogP contribution in [0, 0.1) is 0 Å². The van der Waals surface area contributed by atoms with E-state index in [0.29, 0.717) is 0 Å². The first kappa shape index (κ1) is 16.3. The number of imidazole rings is 1. The number of hydrogen-bond donors (Lipinski definition) is 1. The summed E-state index contributed by atoms with van der Waals surface area (Å²) in [5, 5.41) is 10.0. The molecule has 0 amide bonds. The van der Waals surface area contributed by atoms with Crippen LogP contribution in [0.1, 0.15) is 0 Å². The van der Waals surface area contributed by atoms with Crippen LogP contribution in [0.15, 0.2) is 103 Å². The molecule has 1 N–H and O–H groups in total. The highest BCUT2D eigenvalue weighted by Crippen LogP contribution is 2.31. The molecule has 0 aliphatic heterocycles. The quantitative estimate of drug-likeness (QED) is 0.423. The summed E-state index contributed by atoms with van der Waals surface area (Å²) in [5.74, 6) is 1.09. The van der Waals surface area contributed by atoms with E-state index < -0.39 is 0 Å². The molecular formula is C25H18N2O. The van der Waals surface area contributed by atoms with E-state index in [1.807, 2.05) is 42.5 Å². The van der Waals surface area contributed by atoms with Gasteiger partial charge in [-0.05, 0) is 35.4 Å². The molecule has 134 valence electrons. The van der Waals surface area contributed by atoms with E-state index >= 15 is 0 Å². The molecule has 3 nitrogen and oxygen atoms in total. The summed E-state index contributed by atoms with van der Waals surface area (Å²) in [7, 11) is 0. The molecule has 0 radical (unpaired) electrons. The van der Waals surface area contributed by atoms with Crippen molar-refractivity contribution in [2.45, 2.75) is 0 Å². The monoisotopic (exact) mass is 362 g/mol. The number of nitrogens with zero attached hydrogens (tertiary/aromatic N) is 2. The molecule has 0 saturated heterocycles.